The summed E-state index contributed by atoms with van der Waals surface area (Å²) in [5.41, 5.74) is 0. The number of hydrogen-bond acceptors (Lipinski definition) is 2. The third-order valence-electron chi connectivity index (χ3n) is 3.68. The molecular weight excluding hydrogens is 176 g/mol. The first-order valence-electron chi connectivity index (χ1n) is 5.99. The molecule has 14 heavy (non-hydrogen) atoms. The van der Waals surface area contributed by atoms with Gasteiger partial charge >= 0.3 is 5.97 Å². The summed E-state index contributed by atoms with van der Waals surface area (Å²) >= 11 is 0. The molecule has 0 spiro atoms. The molecule has 2 atom stereocenters. The minimum absolute atomic E-state index is 0.0584. The molecule has 0 amide bonds. The van der Waals surface area contributed by atoms with E-state index in [0.29, 0.717) is 12.5 Å². The van der Waals surface area contributed by atoms with Gasteiger partial charge in [0.15, 0.2) is 0 Å². The maximum atomic E-state index is 11.4. The number of carbonyl (C=O) groups excluding carboxylic acids is 1. The van der Waals surface area contributed by atoms with E-state index in [1.807, 2.05) is 6.92 Å². The van der Waals surface area contributed by atoms with Gasteiger partial charge in [-0.05, 0) is 25.2 Å². The van der Waals surface area contributed by atoms with Crippen LogP contribution in [0.3, 0.4) is 0 Å². The zero-order valence-electron chi connectivity index (χ0n) is 9.00. The van der Waals surface area contributed by atoms with Gasteiger partial charge in [-0.25, -0.2) is 0 Å². The molecule has 2 fully saturated rings. The van der Waals surface area contributed by atoms with Crippen LogP contribution in [0.4, 0.5) is 0 Å². The molecule has 0 aromatic carbocycles. The van der Waals surface area contributed by atoms with E-state index in [0.717, 1.165) is 12.3 Å². The predicted octanol–water partition coefficient (Wildman–Crippen LogP) is 2.77. The number of rotatable bonds is 3. The molecule has 0 unspecified atom stereocenters. The lowest BCUT2D eigenvalue weighted by Gasteiger charge is -2.21. The zero-order valence-corrected chi connectivity index (χ0v) is 9.00. The van der Waals surface area contributed by atoms with Crippen molar-refractivity contribution in [1.29, 1.82) is 0 Å². The largest absolute Gasteiger partial charge is 0.466 e. The second kappa shape index (κ2) is 4.33. The van der Waals surface area contributed by atoms with Crippen LogP contribution < -0.4 is 0 Å². The topological polar surface area (TPSA) is 26.3 Å². The van der Waals surface area contributed by atoms with Crippen LogP contribution in [0.2, 0.25) is 0 Å². The SMILES string of the molecule is CCOC(=O)[C@H]1C[C@@H]1C1CCCCC1. The quantitative estimate of drug-likeness (QED) is 0.649. The Morgan fingerprint density at radius 2 is 2.00 bits per heavy atom. The Kier molecular flexibility index (Phi) is 3.09. The van der Waals surface area contributed by atoms with Crippen molar-refractivity contribution in [3.63, 3.8) is 0 Å². The van der Waals surface area contributed by atoms with Crippen LogP contribution in [0, 0.1) is 17.8 Å². The van der Waals surface area contributed by atoms with E-state index in [4.69, 9.17) is 4.74 Å². The van der Waals surface area contributed by atoms with Crippen LogP contribution in [-0.4, -0.2) is 12.6 Å². The smallest absolute Gasteiger partial charge is 0.309 e. The van der Waals surface area contributed by atoms with Crippen molar-refractivity contribution in [1.82, 2.24) is 0 Å². The van der Waals surface area contributed by atoms with Gasteiger partial charge < -0.3 is 4.74 Å². The second-order valence-corrected chi connectivity index (χ2v) is 4.66. The van der Waals surface area contributed by atoms with Crippen LogP contribution in [0.15, 0.2) is 0 Å². The van der Waals surface area contributed by atoms with Gasteiger partial charge in [-0.3, -0.25) is 4.79 Å². The molecule has 2 rings (SSSR count). The highest BCUT2D eigenvalue weighted by Crippen LogP contribution is 2.49. The third kappa shape index (κ3) is 2.10. The molecule has 2 aliphatic carbocycles. The lowest BCUT2D eigenvalue weighted by Crippen LogP contribution is -2.14. The minimum Gasteiger partial charge on any atom is -0.466 e. The fourth-order valence-electron chi connectivity index (χ4n) is 2.82. The Bertz CT molecular complexity index is 206. The van der Waals surface area contributed by atoms with Gasteiger partial charge in [0.2, 0.25) is 0 Å². The van der Waals surface area contributed by atoms with Crippen molar-refractivity contribution in [2.75, 3.05) is 6.61 Å². The zero-order chi connectivity index (χ0) is 9.97. The number of hydrogen-bond donors (Lipinski definition) is 0. The minimum atomic E-state index is 0.0584. The predicted molar refractivity (Wildman–Crippen MR) is 54.8 cm³/mol. The molecule has 0 radical (unpaired) electrons. The van der Waals surface area contributed by atoms with Gasteiger partial charge in [0.25, 0.3) is 0 Å². The first kappa shape index (κ1) is 10.0. The van der Waals surface area contributed by atoms with E-state index < -0.39 is 0 Å². The summed E-state index contributed by atoms with van der Waals surface area (Å²) in [6.45, 7) is 2.42. The fourth-order valence-corrected chi connectivity index (χ4v) is 2.82. The Balaban J connectivity index is 1.77. The molecule has 2 nitrogen and oxygen atoms in total. The summed E-state index contributed by atoms with van der Waals surface area (Å²) in [5.74, 6) is 1.83. The van der Waals surface area contributed by atoms with E-state index in [2.05, 4.69) is 0 Å². The highest BCUT2D eigenvalue weighted by Gasteiger charge is 2.48. The highest BCUT2D eigenvalue weighted by molar-refractivity contribution is 5.75. The van der Waals surface area contributed by atoms with Gasteiger partial charge in [0, 0.05) is 0 Å². The molecule has 80 valence electrons. The first-order chi connectivity index (χ1) is 6.83. The van der Waals surface area contributed by atoms with Crippen molar-refractivity contribution in [2.45, 2.75) is 45.4 Å². The van der Waals surface area contributed by atoms with E-state index >= 15 is 0 Å². The van der Waals surface area contributed by atoms with Gasteiger partial charge in [-0.2, -0.15) is 0 Å². The summed E-state index contributed by atoms with van der Waals surface area (Å²) in [6, 6.07) is 0. The Labute approximate surface area is 86.0 Å². The lowest BCUT2D eigenvalue weighted by molar-refractivity contribution is -0.145. The average Bonchev–Trinajstić information content (AvgIpc) is 2.99. The summed E-state index contributed by atoms with van der Waals surface area (Å²) in [5, 5.41) is 0. The Morgan fingerprint density at radius 3 is 2.64 bits per heavy atom. The van der Waals surface area contributed by atoms with Crippen LogP contribution in [0.25, 0.3) is 0 Å². The molecule has 0 heterocycles. The molecule has 0 N–H and O–H groups in total. The molecule has 2 aliphatic rings. The monoisotopic (exact) mass is 196 g/mol. The highest BCUT2D eigenvalue weighted by atomic mass is 16.5. The van der Waals surface area contributed by atoms with Crippen LogP contribution >= 0.6 is 0 Å². The van der Waals surface area contributed by atoms with Gasteiger partial charge in [-0.1, -0.05) is 32.1 Å². The van der Waals surface area contributed by atoms with E-state index in [1.165, 1.54) is 32.1 Å². The Hall–Kier alpha value is -0.530. The molecule has 0 aromatic rings. The standard InChI is InChI=1S/C12H20O2/c1-2-14-12(13)11-8-10(11)9-6-4-3-5-7-9/h9-11H,2-8H2,1H3/t10-,11+/m1/s1. The van der Waals surface area contributed by atoms with Crippen LogP contribution in [0.1, 0.15) is 45.4 Å². The van der Waals surface area contributed by atoms with Crippen LogP contribution in [-0.2, 0) is 9.53 Å². The summed E-state index contributed by atoms with van der Waals surface area (Å²) in [7, 11) is 0. The summed E-state index contributed by atoms with van der Waals surface area (Å²) in [6.07, 6.45) is 7.94. The van der Waals surface area contributed by atoms with Gasteiger partial charge in [-0.15, -0.1) is 0 Å². The van der Waals surface area contributed by atoms with Crippen molar-refractivity contribution in [3.8, 4) is 0 Å². The average molecular weight is 196 g/mol. The maximum absolute atomic E-state index is 11.4. The molecule has 0 aromatic heterocycles. The first-order valence-corrected chi connectivity index (χ1v) is 5.99. The summed E-state index contributed by atoms with van der Waals surface area (Å²) in [4.78, 5) is 11.4. The lowest BCUT2D eigenvalue weighted by atomic mass is 9.85. The number of ether oxygens (including phenoxy) is 1. The maximum Gasteiger partial charge on any atom is 0.309 e. The van der Waals surface area contributed by atoms with E-state index in [9.17, 15) is 4.79 Å². The van der Waals surface area contributed by atoms with Gasteiger partial charge in [0.1, 0.15) is 0 Å². The second-order valence-electron chi connectivity index (χ2n) is 4.66. The van der Waals surface area contributed by atoms with Crippen molar-refractivity contribution in [3.05, 3.63) is 0 Å². The molecule has 0 aliphatic heterocycles. The van der Waals surface area contributed by atoms with Gasteiger partial charge in [0.05, 0.1) is 12.5 Å². The molecule has 2 saturated carbocycles. The number of esters is 1. The normalized spacial score (nSPS) is 32.6. The van der Waals surface area contributed by atoms with E-state index in [1.54, 1.807) is 0 Å². The number of carbonyl (C=O) groups is 1. The Morgan fingerprint density at radius 1 is 1.29 bits per heavy atom. The third-order valence-corrected chi connectivity index (χ3v) is 3.68. The fraction of sp³-hybridized carbons (Fsp3) is 0.917. The van der Waals surface area contributed by atoms with Crippen molar-refractivity contribution in [2.24, 2.45) is 17.8 Å². The van der Waals surface area contributed by atoms with Crippen molar-refractivity contribution >= 4 is 5.97 Å². The molecule has 2 heteroatoms. The van der Waals surface area contributed by atoms with Crippen LogP contribution in [0.5, 0.6) is 0 Å². The summed E-state index contributed by atoms with van der Waals surface area (Å²) < 4.78 is 5.05. The molecule has 0 bridgehead atoms. The molecule has 0 saturated heterocycles. The van der Waals surface area contributed by atoms with E-state index in [-0.39, 0.29) is 11.9 Å². The van der Waals surface area contributed by atoms with Crippen molar-refractivity contribution < 1.29 is 9.53 Å². The molecular formula is C12H20O2.